The molecular formula is C23H30FN3O3S. The number of nitrogens with one attached hydrogen (secondary N) is 1. The van der Waals surface area contributed by atoms with E-state index in [1.807, 2.05) is 32.3 Å². The molecule has 1 fully saturated rings. The van der Waals surface area contributed by atoms with Crippen LogP contribution in [0.1, 0.15) is 18.4 Å². The molecule has 1 amide bonds. The number of halogens is 1. The summed E-state index contributed by atoms with van der Waals surface area (Å²) in [6, 6.07) is 15.0. The molecule has 6 nitrogen and oxygen atoms in total. The van der Waals surface area contributed by atoms with Crippen molar-refractivity contribution in [2.45, 2.75) is 30.2 Å². The van der Waals surface area contributed by atoms with Gasteiger partial charge in [-0.25, -0.2) is 12.8 Å². The Morgan fingerprint density at radius 1 is 1.16 bits per heavy atom. The zero-order chi connectivity index (χ0) is 22.4. The molecule has 1 saturated heterocycles. The third kappa shape index (κ3) is 6.12. The van der Waals surface area contributed by atoms with E-state index < -0.39 is 21.8 Å². The van der Waals surface area contributed by atoms with Gasteiger partial charge in [-0.05, 0) is 63.2 Å². The topological polar surface area (TPSA) is 69.7 Å². The second-order valence-electron chi connectivity index (χ2n) is 8.21. The maximum atomic E-state index is 13.2. The average molecular weight is 448 g/mol. The molecule has 1 aliphatic heterocycles. The van der Waals surface area contributed by atoms with Crippen molar-refractivity contribution in [2.75, 3.05) is 33.7 Å². The van der Waals surface area contributed by atoms with Crippen molar-refractivity contribution in [3.8, 4) is 0 Å². The summed E-state index contributed by atoms with van der Waals surface area (Å²) in [6.07, 6.45) is 2.07. The molecule has 1 heterocycles. The highest BCUT2D eigenvalue weighted by molar-refractivity contribution is 7.89. The normalized spacial score (nSPS) is 18.6. The predicted octanol–water partition coefficient (Wildman–Crippen LogP) is 2.52. The minimum Gasteiger partial charge on any atom is -0.354 e. The van der Waals surface area contributed by atoms with Crippen LogP contribution in [-0.4, -0.2) is 63.3 Å². The van der Waals surface area contributed by atoms with Crippen LogP contribution in [0.4, 0.5) is 4.39 Å². The minimum atomic E-state index is -3.75. The SMILES string of the molecule is CN(C)C(CNC(=O)C1CCCN(S(=O)(=O)c2ccc(F)cc2)C1)Cc1ccccc1. The van der Waals surface area contributed by atoms with Crippen LogP contribution in [0.5, 0.6) is 0 Å². The molecule has 1 aliphatic rings. The summed E-state index contributed by atoms with van der Waals surface area (Å²) >= 11 is 0. The van der Waals surface area contributed by atoms with Gasteiger partial charge in [-0.15, -0.1) is 0 Å². The molecule has 2 unspecified atom stereocenters. The van der Waals surface area contributed by atoms with E-state index in [2.05, 4.69) is 22.3 Å². The third-order valence-corrected chi connectivity index (χ3v) is 7.64. The highest BCUT2D eigenvalue weighted by Gasteiger charge is 2.33. The Hall–Kier alpha value is -2.29. The largest absolute Gasteiger partial charge is 0.354 e. The van der Waals surface area contributed by atoms with Gasteiger partial charge in [0.15, 0.2) is 0 Å². The minimum absolute atomic E-state index is 0.0468. The van der Waals surface area contributed by atoms with Crippen LogP contribution >= 0.6 is 0 Å². The van der Waals surface area contributed by atoms with Crippen LogP contribution < -0.4 is 5.32 Å². The van der Waals surface area contributed by atoms with Crippen LogP contribution in [0.15, 0.2) is 59.5 Å². The Kier molecular flexibility index (Phi) is 7.80. The smallest absolute Gasteiger partial charge is 0.243 e. The summed E-state index contributed by atoms with van der Waals surface area (Å²) < 4.78 is 40.3. The molecule has 8 heteroatoms. The lowest BCUT2D eigenvalue weighted by molar-refractivity contribution is -0.126. The lowest BCUT2D eigenvalue weighted by Crippen LogP contribution is -2.48. The number of sulfonamides is 1. The number of carbonyl (C=O) groups excluding carboxylic acids is 1. The number of rotatable bonds is 8. The first kappa shape index (κ1) is 23.4. The highest BCUT2D eigenvalue weighted by atomic mass is 32.2. The fourth-order valence-corrected chi connectivity index (χ4v) is 5.34. The summed E-state index contributed by atoms with van der Waals surface area (Å²) in [5.41, 5.74) is 1.20. The summed E-state index contributed by atoms with van der Waals surface area (Å²) in [4.78, 5) is 15.0. The lowest BCUT2D eigenvalue weighted by atomic mass is 9.98. The first-order chi connectivity index (χ1) is 14.8. The van der Waals surface area contributed by atoms with Gasteiger partial charge in [0, 0.05) is 25.7 Å². The van der Waals surface area contributed by atoms with Gasteiger partial charge in [-0.2, -0.15) is 4.31 Å². The van der Waals surface area contributed by atoms with Crippen LogP contribution in [-0.2, 0) is 21.2 Å². The van der Waals surface area contributed by atoms with Crippen molar-refractivity contribution < 1.29 is 17.6 Å². The molecule has 3 rings (SSSR count). The second kappa shape index (κ2) is 10.3. The third-order valence-electron chi connectivity index (χ3n) is 5.76. The van der Waals surface area contributed by atoms with Crippen molar-refractivity contribution >= 4 is 15.9 Å². The van der Waals surface area contributed by atoms with Gasteiger partial charge < -0.3 is 10.2 Å². The van der Waals surface area contributed by atoms with E-state index in [0.717, 1.165) is 18.6 Å². The molecule has 0 aliphatic carbocycles. The standard InChI is InChI=1S/C23H30FN3O3S/c1-26(2)21(15-18-7-4-3-5-8-18)16-25-23(28)19-9-6-14-27(17-19)31(29,30)22-12-10-20(24)11-13-22/h3-5,7-8,10-13,19,21H,6,9,14-17H2,1-2H3,(H,25,28). The molecule has 31 heavy (non-hydrogen) atoms. The summed E-state index contributed by atoms with van der Waals surface area (Å²) in [5, 5.41) is 3.02. The van der Waals surface area contributed by atoms with Gasteiger partial charge in [0.05, 0.1) is 10.8 Å². The lowest BCUT2D eigenvalue weighted by Gasteiger charge is -2.32. The number of carbonyl (C=O) groups is 1. The van der Waals surface area contributed by atoms with E-state index in [4.69, 9.17) is 0 Å². The molecule has 2 aromatic rings. The number of hydrogen-bond acceptors (Lipinski definition) is 4. The molecular weight excluding hydrogens is 417 g/mol. The maximum Gasteiger partial charge on any atom is 0.243 e. The van der Waals surface area contributed by atoms with E-state index in [1.165, 1.54) is 22.0 Å². The first-order valence-electron chi connectivity index (χ1n) is 10.5. The van der Waals surface area contributed by atoms with E-state index in [1.54, 1.807) is 0 Å². The maximum absolute atomic E-state index is 13.2. The molecule has 0 aromatic heterocycles. The molecule has 0 radical (unpaired) electrons. The number of nitrogens with zero attached hydrogens (tertiary/aromatic N) is 2. The number of likely N-dealkylation sites (N-methyl/N-ethyl adjacent to an activating group) is 1. The van der Waals surface area contributed by atoms with Crippen LogP contribution in [0.2, 0.25) is 0 Å². The van der Waals surface area contributed by atoms with Crippen molar-refractivity contribution in [3.05, 3.63) is 66.0 Å². The molecule has 0 bridgehead atoms. The Morgan fingerprint density at radius 3 is 2.48 bits per heavy atom. The summed E-state index contributed by atoms with van der Waals surface area (Å²) in [7, 11) is 0.215. The average Bonchev–Trinajstić information content (AvgIpc) is 2.77. The van der Waals surface area contributed by atoms with E-state index in [9.17, 15) is 17.6 Å². The van der Waals surface area contributed by atoms with E-state index in [0.29, 0.717) is 25.9 Å². The van der Waals surface area contributed by atoms with Gasteiger partial charge >= 0.3 is 0 Å². The molecule has 2 atom stereocenters. The predicted molar refractivity (Wildman–Crippen MR) is 119 cm³/mol. The highest BCUT2D eigenvalue weighted by Crippen LogP contribution is 2.24. The van der Waals surface area contributed by atoms with Gasteiger partial charge in [0.2, 0.25) is 15.9 Å². The van der Waals surface area contributed by atoms with Crippen LogP contribution in [0.25, 0.3) is 0 Å². The van der Waals surface area contributed by atoms with Crippen molar-refractivity contribution in [1.82, 2.24) is 14.5 Å². The zero-order valence-electron chi connectivity index (χ0n) is 18.0. The van der Waals surface area contributed by atoms with E-state index in [-0.39, 0.29) is 23.4 Å². The fourth-order valence-electron chi connectivity index (χ4n) is 3.82. The van der Waals surface area contributed by atoms with Gasteiger partial charge in [-0.1, -0.05) is 30.3 Å². The quantitative estimate of drug-likeness (QED) is 0.675. The Balaban J connectivity index is 1.60. The number of hydrogen-bond donors (Lipinski definition) is 1. The van der Waals surface area contributed by atoms with Crippen molar-refractivity contribution in [3.63, 3.8) is 0 Å². The number of amides is 1. The van der Waals surface area contributed by atoms with Crippen molar-refractivity contribution in [2.24, 2.45) is 5.92 Å². The first-order valence-corrected chi connectivity index (χ1v) is 11.9. The van der Waals surface area contributed by atoms with Crippen LogP contribution in [0.3, 0.4) is 0 Å². The van der Waals surface area contributed by atoms with Crippen LogP contribution in [0, 0.1) is 11.7 Å². The Bertz CT molecular complexity index is 965. The second-order valence-corrected chi connectivity index (χ2v) is 10.1. The number of piperidine rings is 1. The molecule has 0 saturated carbocycles. The molecule has 1 N–H and O–H groups in total. The van der Waals surface area contributed by atoms with Gasteiger partial charge in [-0.3, -0.25) is 4.79 Å². The molecule has 0 spiro atoms. The monoisotopic (exact) mass is 447 g/mol. The van der Waals surface area contributed by atoms with E-state index >= 15 is 0 Å². The summed E-state index contributed by atoms with van der Waals surface area (Å²) in [5.74, 6) is -1.01. The fraction of sp³-hybridized carbons (Fsp3) is 0.435. The zero-order valence-corrected chi connectivity index (χ0v) is 18.8. The van der Waals surface area contributed by atoms with Gasteiger partial charge in [0.25, 0.3) is 0 Å². The summed E-state index contributed by atoms with van der Waals surface area (Å²) in [6.45, 7) is 0.983. The Morgan fingerprint density at radius 2 is 1.84 bits per heavy atom. The number of benzene rings is 2. The van der Waals surface area contributed by atoms with Crippen molar-refractivity contribution in [1.29, 1.82) is 0 Å². The molecule has 168 valence electrons. The Labute approximate surface area is 184 Å². The van der Waals surface area contributed by atoms with Gasteiger partial charge in [0.1, 0.15) is 5.82 Å². The molecule has 2 aromatic carbocycles.